The zero-order chi connectivity index (χ0) is 22.1. The van der Waals surface area contributed by atoms with Crippen LogP contribution in [0.25, 0.3) is 6.08 Å². The molecule has 1 N–H and O–H groups in total. The van der Waals surface area contributed by atoms with Crippen LogP contribution in [0.4, 0.5) is 0 Å². The van der Waals surface area contributed by atoms with Crippen molar-refractivity contribution in [2.45, 2.75) is 13.5 Å². The molecule has 0 aromatic heterocycles. The van der Waals surface area contributed by atoms with Crippen molar-refractivity contribution in [1.82, 2.24) is 5.32 Å². The van der Waals surface area contributed by atoms with Crippen molar-refractivity contribution in [3.05, 3.63) is 52.1 Å². The van der Waals surface area contributed by atoms with E-state index in [0.29, 0.717) is 40.2 Å². The van der Waals surface area contributed by atoms with Crippen LogP contribution < -0.4 is 24.3 Å². The second-order valence-corrected chi connectivity index (χ2v) is 6.40. The van der Waals surface area contributed by atoms with E-state index >= 15 is 0 Å². The number of hydrogen-bond acceptors (Lipinski definition) is 6. The van der Waals surface area contributed by atoms with Crippen LogP contribution in [0.2, 0.25) is 5.02 Å². The summed E-state index contributed by atoms with van der Waals surface area (Å²) >= 11 is 6.23. The molecule has 0 aliphatic carbocycles. The Bertz CT molecular complexity index is 982. The molecule has 1 amide bonds. The number of benzene rings is 2. The largest absolute Gasteiger partial charge is 0.497 e. The van der Waals surface area contributed by atoms with Crippen molar-refractivity contribution in [3.63, 3.8) is 0 Å². The molecule has 0 saturated carbocycles. The topological polar surface area (TPSA) is 89.8 Å². The molecule has 0 aliphatic rings. The summed E-state index contributed by atoms with van der Waals surface area (Å²) in [6.45, 7) is 2.42. The second kappa shape index (κ2) is 11.0. The fraction of sp³-hybridized carbons (Fsp3) is 0.273. The van der Waals surface area contributed by atoms with Crippen LogP contribution in [0.3, 0.4) is 0 Å². The average Bonchev–Trinajstić information content (AvgIpc) is 2.75. The molecular weight excluding hydrogens is 408 g/mol. The summed E-state index contributed by atoms with van der Waals surface area (Å²) in [5, 5.41) is 12.5. The lowest BCUT2D eigenvalue weighted by atomic mass is 10.1. The third kappa shape index (κ3) is 5.58. The normalized spacial score (nSPS) is 10.7. The standard InChI is InChI=1S/C22H23ClN2O5/c1-5-30-20-10-14(9-18(23)21(20)29-4)8-16(12-24)22(26)25-13-15-6-7-17(27-2)11-19(15)28-3/h6-11H,5,13H2,1-4H3,(H,25,26)/b16-8+. The SMILES string of the molecule is CCOc1cc(/C=C(\C#N)C(=O)NCc2ccc(OC)cc2OC)cc(Cl)c1OC. The monoisotopic (exact) mass is 430 g/mol. The van der Waals surface area contributed by atoms with Gasteiger partial charge in [0, 0.05) is 18.2 Å². The third-order valence-electron chi connectivity index (χ3n) is 4.15. The van der Waals surface area contributed by atoms with E-state index in [-0.39, 0.29) is 12.1 Å². The van der Waals surface area contributed by atoms with Gasteiger partial charge in [-0.25, -0.2) is 0 Å². The van der Waals surface area contributed by atoms with Crippen molar-refractivity contribution in [1.29, 1.82) is 5.26 Å². The molecule has 0 heterocycles. The highest BCUT2D eigenvalue weighted by Crippen LogP contribution is 2.37. The minimum absolute atomic E-state index is 0.0776. The van der Waals surface area contributed by atoms with Crippen molar-refractivity contribution < 1.29 is 23.7 Å². The van der Waals surface area contributed by atoms with Crippen LogP contribution in [0.15, 0.2) is 35.9 Å². The summed E-state index contributed by atoms with van der Waals surface area (Å²) in [6, 6.07) is 10.4. The Hall–Kier alpha value is -3.37. The van der Waals surface area contributed by atoms with Crippen LogP contribution >= 0.6 is 11.6 Å². The highest BCUT2D eigenvalue weighted by atomic mass is 35.5. The first kappa shape index (κ1) is 22.9. The van der Waals surface area contributed by atoms with Crippen LogP contribution in [0.5, 0.6) is 23.0 Å². The van der Waals surface area contributed by atoms with E-state index < -0.39 is 5.91 Å². The average molecular weight is 431 g/mol. The molecule has 8 heteroatoms. The number of amides is 1. The first-order chi connectivity index (χ1) is 14.5. The minimum Gasteiger partial charge on any atom is -0.497 e. The van der Waals surface area contributed by atoms with Gasteiger partial charge in [-0.15, -0.1) is 0 Å². The fourth-order valence-electron chi connectivity index (χ4n) is 2.72. The van der Waals surface area contributed by atoms with Crippen molar-refractivity contribution >= 4 is 23.6 Å². The van der Waals surface area contributed by atoms with Crippen LogP contribution in [0.1, 0.15) is 18.1 Å². The zero-order valence-corrected chi connectivity index (χ0v) is 18.0. The van der Waals surface area contributed by atoms with E-state index in [2.05, 4.69) is 5.32 Å². The Morgan fingerprint density at radius 2 is 1.90 bits per heavy atom. The maximum absolute atomic E-state index is 12.5. The van der Waals surface area contributed by atoms with Gasteiger partial charge in [0.1, 0.15) is 23.1 Å². The lowest BCUT2D eigenvalue weighted by molar-refractivity contribution is -0.117. The third-order valence-corrected chi connectivity index (χ3v) is 4.43. The van der Waals surface area contributed by atoms with Crippen LogP contribution in [0, 0.1) is 11.3 Å². The smallest absolute Gasteiger partial charge is 0.262 e. The highest BCUT2D eigenvalue weighted by molar-refractivity contribution is 6.32. The Labute approximate surface area is 180 Å². The molecule has 0 bridgehead atoms. The molecular formula is C22H23ClN2O5. The molecule has 2 aromatic rings. The van der Waals surface area contributed by atoms with Gasteiger partial charge in [0.25, 0.3) is 5.91 Å². The fourth-order valence-corrected chi connectivity index (χ4v) is 3.01. The Morgan fingerprint density at radius 1 is 1.13 bits per heavy atom. The molecule has 7 nitrogen and oxygen atoms in total. The number of hydrogen-bond donors (Lipinski definition) is 1. The lowest BCUT2D eigenvalue weighted by Gasteiger charge is -2.12. The molecule has 0 spiro atoms. The predicted molar refractivity (Wildman–Crippen MR) is 114 cm³/mol. The van der Waals surface area contributed by atoms with Crippen LogP contribution in [-0.2, 0) is 11.3 Å². The molecule has 30 heavy (non-hydrogen) atoms. The molecule has 0 atom stereocenters. The summed E-state index contributed by atoms with van der Waals surface area (Å²) in [5.41, 5.74) is 1.21. The van der Waals surface area contributed by atoms with E-state index in [1.165, 1.54) is 20.3 Å². The highest BCUT2D eigenvalue weighted by Gasteiger charge is 2.14. The van der Waals surface area contributed by atoms with E-state index in [1.807, 2.05) is 13.0 Å². The summed E-state index contributed by atoms with van der Waals surface area (Å²) in [7, 11) is 4.58. The van der Waals surface area contributed by atoms with Crippen LogP contribution in [-0.4, -0.2) is 33.8 Å². The van der Waals surface area contributed by atoms with Gasteiger partial charge in [0.15, 0.2) is 11.5 Å². The zero-order valence-electron chi connectivity index (χ0n) is 17.2. The number of nitrogens with one attached hydrogen (secondary N) is 1. The van der Waals surface area contributed by atoms with Crippen molar-refractivity contribution in [3.8, 4) is 29.1 Å². The Balaban J connectivity index is 2.23. The van der Waals surface area contributed by atoms with E-state index in [1.54, 1.807) is 37.4 Å². The maximum Gasteiger partial charge on any atom is 0.262 e. The number of methoxy groups -OCH3 is 3. The van der Waals surface area contributed by atoms with Gasteiger partial charge in [-0.1, -0.05) is 11.6 Å². The van der Waals surface area contributed by atoms with Gasteiger partial charge in [-0.3, -0.25) is 4.79 Å². The number of carbonyl (C=O) groups is 1. The molecule has 0 radical (unpaired) electrons. The van der Waals surface area contributed by atoms with E-state index in [0.717, 1.165) is 5.56 Å². The summed E-state index contributed by atoms with van der Waals surface area (Å²) in [6.07, 6.45) is 1.44. The van der Waals surface area contributed by atoms with Crippen molar-refractivity contribution in [2.24, 2.45) is 0 Å². The van der Waals surface area contributed by atoms with Gasteiger partial charge in [-0.2, -0.15) is 5.26 Å². The number of halogens is 1. The molecule has 158 valence electrons. The minimum atomic E-state index is -0.528. The van der Waals surface area contributed by atoms with Gasteiger partial charge < -0.3 is 24.3 Å². The molecule has 0 aliphatic heterocycles. The molecule has 2 aromatic carbocycles. The number of nitriles is 1. The maximum atomic E-state index is 12.5. The Kier molecular flexibility index (Phi) is 8.39. The van der Waals surface area contributed by atoms with E-state index in [4.69, 9.17) is 30.5 Å². The number of nitrogens with zero attached hydrogens (tertiary/aromatic N) is 1. The summed E-state index contributed by atoms with van der Waals surface area (Å²) in [5.74, 6) is 1.51. The molecule has 0 unspecified atom stereocenters. The lowest BCUT2D eigenvalue weighted by Crippen LogP contribution is -2.24. The molecule has 2 rings (SSSR count). The van der Waals surface area contributed by atoms with E-state index in [9.17, 15) is 10.1 Å². The van der Waals surface area contributed by atoms with Gasteiger partial charge in [-0.05, 0) is 42.8 Å². The number of ether oxygens (including phenoxy) is 4. The predicted octanol–water partition coefficient (Wildman–Crippen LogP) is 3.99. The number of rotatable bonds is 9. The van der Waals surface area contributed by atoms with Gasteiger partial charge in [0.05, 0.1) is 33.0 Å². The van der Waals surface area contributed by atoms with Crippen molar-refractivity contribution in [2.75, 3.05) is 27.9 Å². The number of carbonyl (C=O) groups excluding carboxylic acids is 1. The van der Waals surface area contributed by atoms with Gasteiger partial charge in [0.2, 0.25) is 0 Å². The molecule has 0 saturated heterocycles. The quantitative estimate of drug-likeness (QED) is 0.478. The second-order valence-electron chi connectivity index (χ2n) is 6.00. The summed E-state index contributed by atoms with van der Waals surface area (Å²) in [4.78, 5) is 12.5. The first-order valence-corrected chi connectivity index (χ1v) is 9.46. The summed E-state index contributed by atoms with van der Waals surface area (Å²) < 4.78 is 21.3. The first-order valence-electron chi connectivity index (χ1n) is 9.08. The van der Waals surface area contributed by atoms with Gasteiger partial charge >= 0.3 is 0 Å². The molecule has 0 fully saturated rings. The Morgan fingerprint density at radius 3 is 2.50 bits per heavy atom.